The Labute approximate surface area is 172 Å². The quantitative estimate of drug-likeness (QED) is 0.155. The number of hydrogen-bond donors (Lipinski definition) is 2. The normalized spacial score (nSPS) is 12.4. The lowest BCUT2D eigenvalue weighted by atomic mass is 10.1. The summed E-state index contributed by atoms with van der Waals surface area (Å²) >= 11 is 0. The first kappa shape index (κ1) is 26.6. The highest BCUT2D eigenvalue weighted by atomic mass is 16.5. The number of ether oxygens (including phenoxy) is 1. The number of carbonyl (C=O) groups is 2. The van der Waals surface area contributed by atoms with Gasteiger partial charge in [0, 0.05) is 6.42 Å². The topological polar surface area (TPSA) is 89.6 Å². The molecule has 0 aromatic carbocycles. The van der Waals surface area contributed by atoms with Crippen molar-refractivity contribution >= 4 is 11.9 Å². The van der Waals surface area contributed by atoms with Gasteiger partial charge in [-0.25, -0.2) is 0 Å². The molecule has 0 rings (SSSR count). The van der Waals surface area contributed by atoms with Crippen LogP contribution in [0.25, 0.3) is 0 Å². The Morgan fingerprint density at radius 2 is 1.36 bits per heavy atom. The van der Waals surface area contributed by atoms with Crippen LogP contribution in [0.4, 0.5) is 0 Å². The molecule has 0 aliphatic heterocycles. The minimum absolute atomic E-state index is 0.107. The predicted molar refractivity (Wildman–Crippen MR) is 115 cm³/mol. The van der Waals surface area contributed by atoms with Crippen LogP contribution in [0.3, 0.4) is 0 Å². The van der Waals surface area contributed by atoms with Crippen molar-refractivity contribution in [1.29, 1.82) is 0 Å². The van der Waals surface area contributed by atoms with E-state index in [4.69, 9.17) is 15.6 Å². The molecule has 0 aliphatic rings. The zero-order valence-corrected chi connectivity index (χ0v) is 18.0. The minimum Gasteiger partial charge on any atom is -0.481 e. The number of unbranched alkanes of at least 4 members (excludes halogenated alkanes) is 12. The summed E-state index contributed by atoms with van der Waals surface area (Å²) < 4.78 is 5.09. The van der Waals surface area contributed by atoms with Crippen molar-refractivity contribution in [3.8, 4) is 0 Å². The molecule has 0 amide bonds. The molecule has 0 radical (unpaired) electrons. The van der Waals surface area contributed by atoms with Crippen LogP contribution >= 0.6 is 0 Å². The highest BCUT2D eigenvalue weighted by Crippen LogP contribution is 2.10. The van der Waals surface area contributed by atoms with Gasteiger partial charge in [0.15, 0.2) is 0 Å². The molecule has 0 spiro atoms. The number of hydrogen-bond acceptors (Lipinski definition) is 4. The minimum atomic E-state index is -0.948. The van der Waals surface area contributed by atoms with Crippen LogP contribution in [0, 0.1) is 0 Å². The van der Waals surface area contributed by atoms with E-state index in [0.29, 0.717) is 6.61 Å². The summed E-state index contributed by atoms with van der Waals surface area (Å²) in [5, 5.41) is 8.56. The molecule has 1 atom stereocenters. The van der Waals surface area contributed by atoms with Crippen molar-refractivity contribution < 1.29 is 19.4 Å². The molecule has 0 aromatic heterocycles. The third-order valence-corrected chi connectivity index (χ3v) is 4.87. The van der Waals surface area contributed by atoms with Gasteiger partial charge < -0.3 is 15.6 Å². The molecule has 5 heteroatoms. The second kappa shape index (κ2) is 20.4. The molecule has 3 N–H and O–H groups in total. The lowest BCUT2D eigenvalue weighted by Crippen LogP contribution is -2.33. The number of allylic oxidation sites excluding steroid dienone is 2. The number of esters is 1. The van der Waals surface area contributed by atoms with Gasteiger partial charge in [0.2, 0.25) is 0 Å². The average Bonchev–Trinajstić information content (AvgIpc) is 2.68. The second-order valence-corrected chi connectivity index (χ2v) is 7.64. The Kier molecular flexibility index (Phi) is 19.4. The SMILES string of the molecule is CCCCCCCC/C=C\CCCCCCCCOC(=O)C(N)CCC(=O)O. The van der Waals surface area contributed by atoms with E-state index in [1.165, 1.54) is 70.6 Å². The number of carboxylic acid groups (broad SMARTS) is 1. The molecule has 28 heavy (non-hydrogen) atoms. The number of rotatable bonds is 20. The zero-order chi connectivity index (χ0) is 20.9. The Hall–Kier alpha value is -1.36. The van der Waals surface area contributed by atoms with E-state index in [0.717, 1.165) is 19.3 Å². The van der Waals surface area contributed by atoms with Crippen molar-refractivity contribution in [3.05, 3.63) is 12.2 Å². The van der Waals surface area contributed by atoms with E-state index in [1.807, 2.05) is 0 Å². The standard InChI is InChI=1S/C23H43NO4/c1-2-3-4-5-6-7-8-9-10-11-12-13-14-15-16-17-20-28-23(27)21(24)18-19-22(25)26/h9-10,21H,2-8,11-20,24H2,1H3,(H,25,26)/b10-9-. The van der Waals surface area contributed by atoms with Crippen LogP contribution in [-0.2, 0) is 14.3 Å². The second-order valence-electron chi connectivity index (χ2n) is 7.64. The molecule has 0 aliphatic carbocycles. The number of carboxylic acids is 1. The maximum absolute atomic E-state index is 11.6. The van der Waals surface area contributed by atoms with Crippen LogP contribution in [0.1, 0.15) is 110 Å². The summed E-state index contributed by atoms with van der Waals surface area (Å²) in [7, 11) is 0. The Bertz CT molecular complexity index is 409. The molecule has 0 bridgehead atoms. The molecule has 0 heterocycles. The van der Waals surface area contributed by atoms with Gasteiger partial charge >= 0.3 is 11.9 Å². The van der Waals surface area contributed by atoms with Gasteiger partial charge in [0.1, 0.15) is 6.04 Å². The fraction of sp³-hybridized carbons (Fsp3) is 0.826. The summed E-state index contributed by atoms with van der Waals surface area (Å²) in [4.78, 5) is 22.0. The van der Waals surface area contributed by atoms with Crippen molar-refractivity contribution in [3.63, 3.8) is 0 Å². The number of nitrogens with two attached hydrogens (primary N) is 1. The first-order valence-electron chi connectivity index (χ1n) is 11.4. The Balaban J connectivity index is 3.30. The van der Waals surface area contributed by atoms with Gasteiger partial charge in [-0.3, -0.25) is 9.59 Å². The summed E-state index contributed by atoms with van der Waals surface area (Å²) in [6, 6.07) is -0.829. The molecule has 0 aromatic rings. The van der Waals surface area contributed by atoms with Gasteiger partial charge in [0.25, 0.3) is 0 Å². The largest absolute Gasteiger partial charge is 0.481 e. The van der Waals surface area contributed by atoms with Gasteiger partial charge in [0.05, 0.1) is 6.61 Å². The molecular weight excluding hydrogens is 354 g/mol. The Morgan fingerprint density at radius 1 is 0.857 bits per heavy atom. The molecule has 0 fully saturated rings. The molecule has 0 saturated heterocycles. The summed E-state index contributed by atoms with van der Waals surface area (Å²) in [5.74, 6) is -1.44. The molecule has 0 saturated carbocycles. The molecule has 164 valence electrons. The predicted octanol–water partition coefficient (Wildman–Crippen LogP) is 5.76. The molecule has 5 nitrogen and oxygen atoms in total. The van der Waals surface area contributed by atoms with Crippen LogP contribution in [0.2, 0.25) is 0 Å². The fourth-order valence-corrected chi connectivity index (χ4v) is 3.03. The third-order valence-electron chi connectivity index (χ3n) is 4.87. The summed E-state index contributed by atoms with van der Waals surface area (Å²) in [5.41, 5.74) is 5.59. The van der Waals surface area contributed by atoms with E-state index in [1.54, 1.807) is 0 Å². The van der Waals surface area contributed by atoms with Crippen molar-refractivity contribution in [2.24, 2.45) is 5.73 Å². The first-order valence-corrected chi connectivity index (χ1v) is 11.4. The van der Waals surface area contributed by atoms with Gasteiger partial charge in [-0.05, 0) is 38.5 Å². The third kappa shape index (κ3) is 19.4. The van der Waals surface area contributed by atoms with E-state index < -0.39 is 18.0 Å². The van der Waals surface area contributed by atoms with Crippen LogP contribution in [-0.4, -0.2) is 29.7 Å². The van der Waals surface area contributed by atoms with Crippen molar-refractivity contribution in [2.45, 2.75) is 116 Å². The maximum Gasteiger partial charge on any atom is 0.322 e. The van der Waals surface area contributed by atoms with Crippen LogP contribution < -0.4 is 5.73 Å². The average molecular weight is 398 g/mol. The summed E-state index contributed by atoms with van der Waals surface area (Å²) in [6.45, 7) is 2.63. The lowest BCUT2D eigenvalue weighted by molar-refractivity contribution is -0.145. The van der Waals surface area contributed by atoms with Crippen molar-refractivity contribution in [2.75, 3.05) is 6.61 Å². The molecular formula is C23H43NO4. The number of carbonyl (C=O) groups excluding carboxylic acids is 1. The lowest BCUT2D eigenvalue weighted by Gasteiger charge is -2.10. The zero-order valence-electron chi connectivity index (χ0n) is 18.0. The maximum atomic E-state index is 11.6. The van der Waals surface area contributed by atoms with Crippen molar-refractivity contribution in [1.82, 2.24) is 0 Å². The van der Waals surface area contributed by atoms with Gasteiger partial charge in [-0.1, -0.05) is 76.9 Å². The smallest absolute Gasteiger partial charge is 0.322 e. The molecule has 1 unspecified atom stereocenters. The number of aliphatic carboxylic acids is 1. The van der Waals surface area contributed by atoms with Gasteiger partial charge in [-0.15, -0.1) is 0 Å². The van der Waals surface area contributed by atoms with E-state index in [2.05, 4.69) is 19.1 Å². The van der Waals surface area contributed by atoms with E-state index >= 15 is 0 Å². The first-order chi connectivity index (χ1) is 13.6. The monoisotopic (exact) mass is 397 g/mol. The van der Waals surface area contributed by atoms with Crippen LogP contribution in [0.5, 0.6) is 0 Å². The summed E-state index contributed by atoms with van der Waals surface area (Å²) in [6.07, 6.45) is 22.0. The highest BCUT2D eigenvalue weighted by Gasteiger charge is 2.15. The van der Waals surface area contributed by atoms with E-state index in [9.17, 15) is 9.59 Å². The van der Waals surface area contributed by atoms with Crippen LogP contribution in [0.15, 0.2) is 12.2 Å². The Morgan fingerprint density at radius 3 is 1.89 bits per heavy atom. The van der Waals surface area contributed by atoms with Gasteiger partial charge in [-0.2, -0.15) is 0 Å². The van der Waals surface area contributed by atoms with E-state index in [-0.39, 0.29) is 12.8 Å². The fourth-order valence-electron chi connectivity index (χ4n) is 3.03. The highest BCUT2D eigenvalue weighted by molar-refractivity contribution is 5.76.